The maximum absolute atomic E-state index is 10.9. The van der Waals surface area contributed by atoms with Gasteiger partial charge in [-0.2, -0.15) is 0 Å². The van der Waals surface area contributed by atoms with E-state index in [-0.39, 0.29) is 18.1 Å². The predicted molar refractivity (Wildman–Crippen MR) is 82.5 cm³/mol. The minimum Gasteiger partial charge on any atom is -0.508 e. The van der Waals surface area contributed by atoms with Gasteiger partial charge in [0, 0.05) is 30.1 Å². The van der Waals surface area contributed by atoms with E-state index in [2.05, 4.69) is 4.90 Å². The van der Waals surface area contributed by atoms with Crippen LogP contribution in [0.25, 0.3) is 0 Å². The lowest BCUT2D eigenvalue weighted by atomic mass is 9.84. The Balaban J connectivity index is 2.00. The summed E-state index contributed by atoms with van der Waals surface area (Å²) in [5.74, 6) is 0.0520. The Morgan fingerprint density at radius 1 is 1.52 bits per heavy atom. The fourth-order valence-corrected chi connectivity index (χ4v) is 3.30. The average Bonchev–Trinajstić information content (AvgIpc) is 2.43. The maximum Gasteiger partial charge on any atom is 0.303 e. The molecule has 1 aromatic rings. The summed E-state index contributed by atoms with van der Waals surface area (Å²) in [7, 11) is 0. The molecule has 116 valence electrons. The van der Waals surface area contributed by atoms with Crippen molar-refractivity contribution in [2.24, 2.45) is 11.8 Å². The van der Waals surface area contributed by atoms with Crippen molar-refractivity contribution in [1.29, 1.82) is 0 Å². The largest absolute Gasteiger partial charge is 0.508 e. The lowest BCUT2D eigenvalue weighted by Gasteiger charge is -2.35. The van der Waals surface area contributed by atoms with Crippen LogP contribution in [0.1, 0.15) is 31.7 Å². The van der Waals surface area contributed by atoms with Gasteiger partial charge in [0.05, 0.1) is 0 Å². The average molecular weight is 312 g/mol. The molecule has 0 spiro atoms. The van der Waals surface area contributed by atoms with Crippen molar-refractivity contribution in [3.63, 3.8) is 0 Å². The zero-order valence-corrected chi connectivity index (χ0v) is 13.0. The molecule has 21 heavy (non-hydrogen) atoms. The number of aliphatic carboxylic acids is 1. The number of phenols is 1. The highest BCUT2D eigenvalue weighted by Gasteiger charge is 2.26. The zero-order valence-electron chi connectivity index (χ0n) is 12.3. The number of aromatic hydroxyl groups is 1. The van der Waals surface area contributed by atoms with Crippen LogP contribution in [0.5, 0.6) is 5.75 Å². The molecule has 2 rings (SSSR count). The molecule has 0 saturated carbocycles. The SMILES string of the molecule is CC(CC(=O)O)C1CCCN(Cc2c(O)cccc2Cl)C1. The van der Waals surface area contributed by atoms with Crippen LogP contribution < -0.4 is 0 Å². The first kappa shape index (κ1) is 16.1. The van der Waals surface area contributed by atoms with E-state index < -0.39 is 5.97 Å². The summed E-state index contributed by atoms with van der Waals surface area (Å²) in [4.78, 5) is 13.1. The van der Waals surface area contributed by atoms with Gasteiger partial charge < -0.3 is 10.2 Å². The molecule has 1 fully saturated rings. The number of piperidine rings is 1. The normalized spacial score (nSPS) is 21.1. The summed E-state index contributed by atoms with van der Waals surface area (Å²) in [6, 6.07) is 5.16. The Morgan fingerprint density at radius 2 is 2.29 bits per heavy atom. The Hall–Kier alpha value is -1.26. The second-order valence-corrected chi connectivity index (χ2v) is 6.36. The Kier molecular flexibility index (Phi) is 5.48. The molecule has 1 aliphatic heterocycles. The number of rotatable bonds is 5. The van der Waals surface area contributed by atoms with Crippen molar-refractivity contribution < 1.29 is 15.0 Å². The standard InChI is InChI=1S/C16H22ClNO3/c1-11(8-16(20)21)12-4-3-7-18(9-12)10-13-14(17)5-2-6-15(13)19/h2,5-6,11-12,19H,3-4,7-10H2,1H3,(H,20,21). The highest BCUT2D eigenvalue weighted by atomic mass is 35.5. The number of carbonyl (C=O) groups is 1. The van der Waals surface area contributed by atoms with E-state index in [1.807, 2.05) is 6.92 Å². The molecule has 5 heteroatoms. The van der Waals surface area contributed by atoms with E-state index >= 15 is 0 Å². The summed E-state index contributed by atoms with van der Waals surface area (Å²) in [6.45, 7) is 4.44. The molecule has 0 aromatic heterocycles. The Bertz CT molecular complexity index is 486. The lowest BCUT2D eigenvalue weighted by Crippen LogP contribution is -2.37. The predicted octanol–water partition coefficient (Wildman–Crippen LogP) is 3.37. The van der Waals surface area contributed by atoms with Crippen molar-refractivity contribution in [1.82, 2.24) is 4.90 Å². The van der Waals surface area contributed by atoms with Crippen molar-refractivity contribution in [3.05, 3.63) is 28.8 Å². The van der Waals surface area contributed by atoms with Crippen LogP contribution in [0.15, 0.2) is 18.2 Å². The topological polar surface area (TPSA) is 60.8 Å². The molecule has 0 radical (unpaired) electrons. The van der Waals surface area contributed by atoms with Crippen molar-refractivity contribution in [3.8, 4) is 5.75 Å². The Morgan fingerprint density at radius 3 is 2.95 bits per heavy atom. The minimum absolute atomic E-state index is 0.171. The van der Waals surface area contributed by atoms with Crippen molar-refractivity contribution in [2.75, 3.05) is 13.1 Å². The van der Waals surface area contributed by atoms with Crippen LogP contribution in [0.4, 0.5) is 0 Å². The molecular weight excluding hydrogens is 290 g/mol. The second-order valence-electron chi connectivity index (χ2n) is 5.95. The van der Waals surface area contributed by atoms with E-state index in [0.717, 1.165) is 31.5 Å². The summed E-state index contributed by atoms with van der Waals surface area (Å²) >= 11 is 6.15. The molecule has 0 bridgehead atoms. The van der Waals surface area contributed by atoms with E-state index in [4.69, 9.17) is 16.7 Å². The molecule has 2 N–H and O–H groups in total. The summed E-state index contributed by atoms with van der Waals surface area (Å²) in [5.41, 5.74) is 0.755. The lowest BCUT2D eigenvalue weighted by molar-refractivity contribution is -0.138. The zero-order chi connectivity index (χ0) is 15.4. The monoisotopic (exact) mass is 311 g/mol. The summed E-state index contributed by atoms with van der Waals surface area (Å²) < 4.78 is 0. The second kappa shape index (κ2) is 7.14. The number of benzene rings is 1. The Labute approximate surface area is 130 Å². The van der Waals surface area contributed by atoms with E-state index in [1.54, 1.807) is 18.2 Å². The molecule has 2 atom stereocenters. The number of halogens is 1. The smallest absolute Gasteiger partial charge is 0.303 e. The highest BCUT2D eigenvalue weighted by Crippen LogP contribution is 2.31. The van der Waals surface area contributed by atoms with Crippen molar-refractivity contribution in [2.45, 2.75) is 32.7 Å². The number of carboxylic acid groups (broad SMARTS) is 1. The van der Waals surface area contributed by atoms with Gasteiger partial charge in [-0.05, 0) is 43.4 Å². The van der Waals surface area contributed by atoms with E-state index in [1.165, 1.54) is 0 Å². The number of hydrogen-bond acceptors (Lipinski definition) is 3. The van der Waals surface area contributed by atoms with Crippen LogP contribution in [-0.4, -0.2) is 34.2 Å². The number of nitrogens with zero attached hydrogens (tertiary/aromatic N) is 1. The third-order valence-electron chi connectivity index (χ3n) is 4.32. The molecule has 1 aromatic carbocycles. The van der Waals surface area contributed by atoms with Crippen LogP contribution in [0.2, 0.25) is 5.02 Å². The molecule has 2 unspecified atom stereocenters. The van der Waals surface area contributed by atoms with Gasteiger partial charge in [-0.25, -0.2) is 0 Å². The quantitative estimate of drug-likeness (QED) is 0.875. The first-order valence-corrected chi connectivity index (χ1v) is 7.75. The highest BCUT2D eigenvalue weighted by molar-refractivity contribution is 6.31. The van der Waals surface area contributed by atoms with Gasteiger partial charge in [0.25, 0.3) is 0 Å². The molecule has 1 saturated heterocycles. The number of phenolic OH excluding ortho intramolecular Hbond substituents is 1. The van der Waals surface area contributed by atoms with Crippen LogP contribution in [0.3, 0.4) is 0 Å². The van der Waals surface area contributed by atoms with Gasteiger partial charge in [-0.3, -0.25) is 9.69 Å². The maximum atomic E-state index is 10.9. The van der Waals surface area contributed by atoms with Gasteiger partial charge in [0.1, 0.15) is 5.75 Å². The third kappa shape index (κ3) is 4.35. The van der Waals surface area contributed by atoms with Gasteiger partial charge in [-0.1, -0.05) is 24.6 Å². The van der Waals surface area contributed by atoms with Gasteiger partial charge in [-0.15, -0.1) is 0 Å². The van der Waals surface area contributed by atoms with Crippen LogP contribution in [0, 0.1) is 11.8 Å². The molecule has 1 aliphatic rings. The van der Waals surface area contributed by atoms with E-state index in [0.29, 0.717) is 17.5 Å². The van der Waals surface area contributed by atoms with Gasteiger partial charge >= 0.3 is 5.97 Å². The molecule has 4 nitrogen and oxygen atoms in total. The minimum atomic E-state index is -0.733. The first-order chi connectivity index (χ1) is 9.97. The molecule has 0 aliphatic carbocycles. The number of likely N-dealkylation sites (tertiary alicyclic amines) is 1. The summed E-state index contributed by atoms with van der Waals surface area (Å²) in [5, 5.41) is 19.4. The third-order valence-corrected chi connectivity index (χ3v) is 4.67. The molecule has 0 amide bonds. The number of carboxylic acids is 1. The van der Waals surface area contributed by atoms with Crippen molar-refractivity contribution >= 4 is 17.6 Å². The van der Waals surface area contributed by atoms with Crippen LogP contribution >= 0.6 is 11.6 Å². The number of hydrogen-bond donors (Lipinski definition) is 2. The van der Waals surface area contributed by atoms with Gasteiger partial charge in [0.2, 0.25) is 0 Å². The molecular formula is C16H22ClNO3. The summed E-state index contributed by atoms with van der Waals surface area (Å²) in [6.07, 6.45) is 2.34. The molecule has 1 heterocycles. The van der Waals surface area contributed by atoms with Crippen LogP contribution in [-0.2, 0) is 11.3 Å². The van der Waals surface area contributed by atoms with Gasteiger partial charge in [0.15, 0.2) is 0 Å². The fourth-order valence-electron chi connectivity index (χ4n) is 3.07. The first-order valence-electron chi connectivity index (χ1n) is 7.38. The fraction of sp³-hybridized carbons (Fsp3) is 0.562. The van der Waals surface area contributed by atoms with E-state index in [9.17, 15) is 9.90 Å².